The molecule has 20 heavy (non-hydrogen) atoms. The molecular formula is C16H17ClFNS. The molecule has 0 aliphatic rings. The zero-order valence-corrected chi connectivity index (χ0v) is 12.8. The average molecular weight is 310 g/mol. The van der Waals surface area contributed by atoms with E-state index in [0.29, 0.717) is 17.0 Å². The Morgan fingerprint density at radius 1 is 1.20 bits per heavy atom. The highest BCUT2D eigenvalue weighted by atomic mass is 35.5. The standard InChI is InChI=1S/C16H17ClFNS/c1-11-2-5-15(6-3-11)20-10-14(19)9-12-8-13(17)4-7-16(12)18/h2-8,14H,9-10,19H2,1H3. The summed E-state index contributed by atoms with van der Waals surface area (Å²) in [5, 5.41) is 0.541. The average Bonchev–Trinajstić information content (AvgIpc) is 2.42. The third-order valence-electron chi connectivity index (χ3n) is 2.97. The summed E-state index contributed by atoms with van der Waals surface area (Å²) in [6, 6.07) is 12.8. The molecule has 2 rings (SSSR count). The van der Waals surface area contributed by atoms with Gasteiger partial charge in [0, 0.05) is 21.7 Å². The van der Waals surface area contributed by atoms with E-state index in [9.17, 15) is 4.39 Å². The van der Waals surface area contributed by atoms with Crippen molar-refractivity contribution in [3.05, 3.63) is 64.4 Å². The van der Waals surface area contributed by atoms with Crippen LogP contribution in [-0.4, -0.2) is 11.8 Å². The number of thioether (sulfide) groups is 1. The Labute approximate surface area is 128 Å². The van der Waals surface area contributed by atoms with Crippen LogP contribution in [0, 0.1) is 12.7 Å². The molecule has 0 aromatic heterocycles. The van der Waals surface area contributed by atoms with Gasteiger partial charge in [-0.05, 0) is 49.2 Å². The van der Waals surface area contributed by atoms with E-state index < -0.39 is 0 Å². The lowest BCUT2D eigenvalue weighted by molar-refractivity contribution is 0.597. The van der Waals surface area contributed by atoms with E-state index >= 15 is 0 Å². The monoisotopic (exact) mass is 309 g/mol. The molecule has 0 bridgehead atoms. The number of halogens is 2. The summed E-state index contributed by atoms with van der Waals surface area (Å²) in [5.41, 5.74) is 7.89. The summed E-state index contributed by atoms with van der Waals surface area (Å²) < 4.78 is 13.6. The van der Waals surface area contributed by atoms with E-state index in [0.717, 1.165) is 5.75 Å². The maximum absolute atomic E-state index is 13.6. The lowest BCUT2D eigenvalue weighted by Crippen LogP contribution is -2.26. The third-order valence-corrected chi connectivity index (χ3v) is 4.41. The molecule has 0 amide bonds. The Kier molecular flexibility index (Phi) is 5.46. The van der Waals surface area contributed by atoms with Gasteiger partial charge in [-0.2, -0.15) is 0 Å². The van der Waals surface area contributed by atoms with Gasteiger partial charge >= 0.3 is 0 Å². The predicted molar refractivity (Wildman–Crippen MR) is 85.0 cm³/mol. The van der Waals surface area contributed by atoms with Crippen molar-refractivity contribution in [3.63, 3.8) is 0 Å². The molecule has 0 radical (unpaired) electrons. The van der Waals surface area contributed by atoms with Gasteiger partial charge in [-0.25, -0.2) is 4.39 Å². The van der Waals surface area contributed by atoms with Gasteiger partial charge in [0.1, 0.15) is 5.82 Å². The maximum Gasteiger partial charge on any atom is 0.126 e. The second kappa shape index (κ2) is 7.11. The molecule has 2 aromatic rings. The molecule has 4 heteroatoms. The third kappa shape index (κ3) is 4.51. The number of hydrogen-bond donors (Lipinski definition) is 1. The smallest absolute Gasteiger partial charge is 0.126 e. The fraction of sp³-hybridized carbons (Fsp3) is 0.250. The first-order valence-corrected chi connectivity index (χ1v) is 7.80. The lowest BCUT2D eigenvalue weighted by atomic mass is 10.1. The molecule has 0 saturated heterocycles. The second-order valence-electron chi connectivity index (χ2n) is 4.82. The van der Waals surface area contributed by atoms with Crippen LogP contribution >= 0.6 is 23.4 Å². The van der Waals surface area contributed by atoms with Gasteiger partial charge in [0.25, 0.3) is 0 Å². The molecule has 106 valence electrons. The highest BCUT2D eigenvalue weighted by Gasteiger charge is 2.09. The number of rotatable bonds is 5. The molecule has 0 saturated carbocycles. The first-order chi connectivity index (χ1) is 9.54. The van der Waals surface area contributed by atoms with E-state index in [1.54, 1.807) is 23.9 Å². The van der Waals surface area contributed by atoms with E-state index in [2.05, 4.69) is 31.2 Å². The quantitative estimate of drug-likeness (QED) is 0.826. The van der Waals surface area contributed by atoms with Gasteiger partial charge in [0.15, 0.2) is 0 Å². The van der Waals surface area contributed by atoms with Gasteiger partial charge in [0.2, 0.25) is 0 Å². The second-order valence-corrected chi connectivity index (χ2v) is 6.35. The summed E-state index contributed by atoms with van der Waals surface area (Å²) >= 11 is 7.56. The molecule has 0 aliphatic carbocycles. The molecule has 2 aromatic carbocycles. The first kappa shape index (κ1) is 15.4. The fourth-order valence-corrected chi connectivity index (χ4v) is 2.93. The van der Waals surface area contributed by atoms with Gasteiger partial charge < -0.3 is 5.73 Å². The van der Waals surface area contributed by atoms with Crippen LogP contribution < -0.4 is 5.73 Å². The lowest BCUT2D eigenvalue weighted by Gasteiger charge is -2.12. The van der Waals surface area contributed by atoms with Crippen molar-refractivity contribution in [2.45, 2.75) is 24.3 Å². The number of benzene rings is 2. The Morgan fingerprint density at radius 2 is 1.90 bits per heavy atom. The zero-order valence-electron chi connectivity index (χ0n) is 11.3. The van der Waals surface area contributed by atoms with Crippen molar-refractivity contribution in [3.8, 4) is 0 Å². The van der Waals surface area contributed by atoms with E-state index in [-0.39, 0.29) is 11.9 Å². The Hall–Kier alpha value is -1.03. The Balaban J connectivity index is 1.90. The van der Waals surface area contributed by atoms with Crippen molar-refractivity contribution < 1.29 is 4.39 Å². The van der Waals surface area contributed by atoms with Crippen LogP contribution in [0.1, 0.15) is 11.1 Å². The van der Waals surface area contributed by atoms with Crippen LogP contribution in [-0.2, 0) is 6.42 Å². The van der Waals surface area contributed by atoms with Crippen molar-refractivity contribution in [1.82, 2.24) is 0 Å². The van der Waals surface area contributed by atoms with E-state index in [1.165, 1.54) is 16.5 Å². The summed E-state index contributed by atoms with van der Waals surface area (Å²) in [6.07, 6.45) is 0.491. The van der Waals surface area contributed by atoms with Crippen LogP contribution in [0.4, 0.5) is 4.39 Å². The predicted octanol–water partition coefficient (Wildman–Crippen LogP) is 4.45. The summed E-state index contributed by atoms with van der Waals surface area (Å²) in [6.45, 7) is 2.06. The van der Waals surface area contributed by atoms with Gasteiger partial charge in [-0.1, -0.05) is 29.3 Å². The van der Waals surface area contributed by atoms with Crippen LogP contribution in [0.25, 0.3) is 0 Å². The Morgan fingerprint density at radius 3 is 2.60 bits per heavy atom. The minimum atomic E-state index is -0.245. The normalized spacial score (nSPS) is 12.4. The van der Waals surface area contributed by atoms with Crippen LogP contribution in [0.2, 0.25) is 5.02 Å². The largest absolute Gasteiger partial charge is 0.327 e. The molecule has 2 N–H and O–H groups in total. The highest BCUT2D eigenvalue weighted by Crippen LogP contribution is 2.21. The molecule has 0 heterocycles. The zero-order chi connectivity index (χ0) is 14.5. The van der Waals surface area contributed by atoms with Crippen molar-refractivity contribution in [2.24, 2.45) is 5.73 Å². The first-order valence-electron chi connectivity index (χ1n) is 6.43. The Bertz CT molecular complexity index is 571. The van der Waals surface area contributed by atoms with E-state index in [4.69, 9.17) is 17.3 Å². The highest BCUT2D eigenvalue weighted by molar-refractivity contribution is 7.99. The fourth-order valence-electron chi connectivity index (χ4n) is 1.88. The maximum atomic E-state index is 13.6. The molecule has 1 atom stereocenters. The van der Waals surface area contributed by atoms with Gasteiger partial charge in [-0.3, -0.25) is 0 Å². The van der Waals surface area contributed by atoms with Crippen molar-refractivity contribution >= 4 is 23.4 Å². The summed E-state index contributed by atoms with van der Waals surface area (Å²) in [7, 11) is 0. The molecule has 1 unspecified atom stereocenters. The van der Waals surface area contributed by atoms with Gasteiger partial charge in [-0.15, -0.1) is 11.8 Å². The summed E-state index contributed by atoms with van der Waals surface area (Å²) in [4.78, 5) is 1.18. The topological polar surface area (TPSA) is 26.0 Å². The van der Waals surface area contributed by atoms with Crippen LogP contribution in [0.5, 0.6) is 0 Å². The SMILES string of the molecule is Cc1ccc(SCC(N)Cc2cc(Cl)ccc2F)cc1. The van der Waals surface area contributed by atoms with E-state index in [1.807, 2.05) is 0 Å². The van der Waals surface area contributed by atoms with Crippen LogP contribution in [0.3, 0.4) is 0 Å². The minimum absolute atomic E-state index is 0.103. The number of hydrogen-bond acceptors (Lipinski definition) is 2. The van der Waals surface area contributed by atoms with Crippen LogP contribution in [0.15, 0.2) is 47.4 Å². The molecule has 1 nitrogen and oxygen atoms in total. The van der Waals surface area contributed by atoms with Crippen molar-refractivity contribution in [2.75, 3.05) is 5.75 Å². The minimum Gasteiger partial charge on any atom is -0.327 e. The number of nitrogens with two attached hydrogens (primary N) is 1. The number of aryl methyl sites for hydroxylation is 1. The molecule has 0 spiro atoms. The molecule has 0 aliphatic heterocycles. The van der Waals surface area contributed by atoms with Crippen molar-refractivity contribution in [1.29, 1.82) is 0 Å². The molecule has 0 fully saturated rings. The molecular weight excluding hydrogens is 293 g/mol. The summed E-state index contributed by atoms with van der Waals surface area (Å²) in [5.74, 6) is 0.500. The van der Waals surface area contributed by atoms with Gasteiger partial charge in [0.05, 0.1) is 0 Å².